The van der Waals surface area contributed by atoms with Crippen molar-refractivity contribution in [2.24, 2.45) is 0 Å². The first-order chi connectivity index (χ1) is 9.29. The molecule has 5 rings (SSSR count). The summed E-state index contributed by atoms with van der Waals surface area (Å²) in [6, 6.07) is 13.1. The second-order valence-electron chi connectivity index (χ2n) is 6.28. The highest BCUT2D eigenvalue weighted by Gasteiger charge is 2.55. The van der Waals surface area contributed by atoms with Crippen molar-refractivity contribution in [1.82, 2.24) is 4.98 Å². The molecule has 3 aromatic rings. The molecular weight excluding hydrogens is 230 g/mol. The van der Waals surface area contributed by atoms with Crippen LogP contribution in [0.4, 0.5) is 0 Å². The number of pyridine rings is 1. The predicted molar refractivity (Wildman–Crippen MR) is 78.6 cm³/mol. The van der Waals surface area contributed by atoms with Crippen LogP contribution in [0.3, 0.4) is 0 Å². The maximum absolute atomic E-state index is 4.77. The van der Waals surface area contributed by atoms with Crippen LogP contribution in [0.5, 0.6) is 0 Å². The van der Waals surface area contributed by atoms with E-state index in [-0.39, 0.29) is 0 Å². The van der Waals surface area contributed by atoms with Gasteiger partial charge in [0.25, 0.3) is 0 Å². The summed E-state index contributed by atoms with van der Waals surface area (Å²) in [6.45, 7) is 2.43. The van der Waals surface area contributed by atoms with Crippen molar-refractivity contribution in [2.45, 2.75) is 31.1 Å². The highest BCUT2D eigenvalue weighted by molar-refractivity contribution is 6.07. The van der Waals surface area contributed by atoms with Gasteiger partial charge in [0.05, 0.1) is 5.52 Å². The molecule has 2 atom stereocenters. The van der Waals surface area contributed by atoms with Crippen LogP contribution < -0.4 is 0 Å². The summed E-state index contributed by atoms with van der Waals surface area (Å²) < 4.78 is 0. The molecule has 19 heavy (non-hydrogen) atoms. The smallest absolute Gasteiger partial charge is 0.0783 e. The fourth-order valence-corrected chi connectivity index (χ4v) is 4.29. The van der Waals surface area contributed by atoms with E-state index < -0.39 is 0 Å². The fraction of sp³-hybridized carbons (Fsp3) is 0.278. The Balaban J connectivity index is 1.96. The van der Waals surface area contributed by atoms with E-state index in [1.807, 2.05) is 0 Å². The Hall–Kier alpha value is -1.89. The average Bonchev–Trinajstić information content (AvgIpc) is 2.45. The second-order valence-corrected chi connectivity index (χ2v) is 6.28. The van der Waals surface area contributed by atoms with Gasteiger partial charge in [0.1, 0.15) is 0 Å². The summed E-state index contributed by atoms with van der Waals surface area (Å²) >= 11 is 0. The van der Waals surface area contributed by atoms with Crippen LogP contribution in [0.25, 0.3) is 21.7 Å². The standard InChI is InChI=1S/C18H15N/c1-18-9-8-15(18)14-10-19-17-12-5-3-2-4-11(12)6-7-13(17)16(14)18/h2-7,10,15H,8-9H2,1H3/t15?,18-/m0/s1. The summed E-state index contributed by atoms with van der Waals surface area (Å²) in [5.74, 6) is 0.783. The van der Waals surface area contributed by atoms with Gasteiger partial charge in [0.2, 0.25) is 0 Å². The van der Waals surface area contributed by atoms with E-state index in [9.17, 15) is 0 Å². The highest BCUT2D eigenvalue weighted by Crippen LogP contribution is 2.65. The third-order valence-corrected chi connectivity index (χ3v) is 5.46. The summed E-state index contributed by atoms with van der Waals surface area (Å²) in [5.41, 5.74) is 4.72. The number of hydrogen-bond acceptors (Lipinski definition) is 1. The Morgan fingerprint density at radius 3 is 2.84 bits per heavy atom. The van der Waals surface area contributed by atoms with Crippen LogP contribution in [0.2, 0.25) is 0 Å². The van der Waals surface area contributed by atoms with Crippen molar-refractivity contribution in [3.63, 3.8) is 0 Å². The first-order valence-corrected chi connectivity index (χ1v) is 7.10. The van der Waals surface area contributed by atoms with Crippen molar-refractivity contribution in [3.8, 4) is 0 Å². The van der Waals surface area contributed by atoms with Crippen LogP contribution in [-0.2, 0) is 5.41 Å². The lowest BCUT2D eigenvalue weighted by Crippen LogP contribution is -2.49. The van der Waals surface area contributed by atoms with Crippen LogP contribution in [0, 0.1) is 0 Å². The third kappa shape index (κ3) is 0.983. The van der Waals surface area contributed by atoms with Gasteiger partial charge in [0, 0.05) is 22.4 Å². The molecule has 1 unspecified atom stereocenters. The van der Waals surface area contributed by atoms with Gasteiger partial charge < -0.3 is 0 Å². The quantitative estimate of drug-likeness (QED) is 0.530. The Labute approximate surface area is 112 Å². The molecule has 1 fully saturated rings. The predicted octanol–water partition coefficient (Wildman–Crippen LogP) is 4.54. The van der Waals surface area contributed by atoms with E-state index in [0.29, 0.717) is 5.41 Å². The van der Waals surface area contributed by atoms with Gasteiger partial charge in [-0.05, 0) is 35.3 Å². The summed E-state index contributed by atoms with van der Waals surface area (Å²) in [4.78, 5) is 4.77. The van der Waals surface area contributed by atoms with Crippen LogP contribution in [0.15, 0.2) is 42.6 Å². The summed E-state index contributed by atoms with van der Waals surface area (Å²) in [5, 5.41) is 3.96. The Morgan fingerprint density at radius 1 is 1.11 bits per heavy atom. The molecule has 2 aromatic carbocycles. The van der Waals surface area contributed by atoms with Crippen molar-refractivity contribution in [3.05, 3.63) is 53.7 Å². The minimum Gasteiger partial charge on any atom is -0.255 e. The van der Waals surface area contributed by atoms with Crippen molar-refractivity contribution in [1.29, 1.82) is 0 Å². The molecule has 0 radical (unpaired) electrons. The number of nitrogens with zero attached hydrogens (tertiary/aromatic N) is 1. The third-order valence-electron chi connectivity index (χ3n) is 5.46. The number of benzene rings is 2. The SMILES string of the molecule is C[C@]12CCC1c1cnc3c(ccc4ccccc43)c12. The van der Waals surface area contributed by atoms with Gasteiger partial charge in [0.15, 0.2) is 0 Å². The molecule has 1 saturated carbocycles. The van der Waals surface area contributed by atoms with Crippen molar-refractivity contribution in [2.75, 3.05) is 0 Å². The highest BCUT2D eigenvalue weighted by atomic mass is 14.7. The average molecular weight is 245 g/mol. The van der Waals surface area contributed by atoms with Gasteiger partial charge in [-0.2, -0.15) is 0 Å². The second kappa shape index (κ2) is 2.98. The molecule has 92 valence electrons. The van der Waals surface area contributed by atoms with Gasteiger partial charge >= 0.3 is 0 Å². The number of hydrogen-bond donors (Lipinski definition) is 0. The zero-order valence-electron chi connectivity index (χ0n) is 11.0. The zero-order valence-corrected chi connectivity index (χ0v) is 11.0. The molecule has 2 aliphatic carbocycles. The zero-order chi connectivity index (χ0) is 12.6. The van der Waals surface area contributed by atoms with E-state index in [1.165, 1.54) is 40.1 Å². The summed E-state index contributed by atoms with van der Waals surface area (Å²) in [6.07, 6.45) is 4.83. The molecule has 0 N–H and O–H groups in total. The topological polar surface area (TPSA) is 12.9 Å². The van der Waals surface area contributed by atoms with Gasteiger partial charge in [-0.1, -0.05) is 43.3 Å². The molecule has 1 aromatic heterocycles. The Morgan fingerprint density at radius 2 is 2.00 bits per heavy atom. The van der Waals surface area contributed by atoms with Crippen LogP contribution >= 0.6 is 0 Å². The summed E-state index contributed by atoms with van der Waals surface area (Å²) in [7, 11) is 0. The largest absolute Gasteiger partial charge is 0.255 e. The molecule has 0 saturated heterocycles. The molecule has 0 amide bonds. The van der Waals surface area contributed by atoms with Gasteiger partial charge in [-0.25, -0.2) is 0 Å². The number of rotatable bonds is 0. The maximum Gasteiger partial charge on any atom is 0.0783 e. The van der Waals surface area contributed by atoms with Crippen LogP contribution in [-0.4, -0.2) is 4.98 Å². The Bertz CT molecular complexity index is 849. The fourth-order valence-electron chi connectivity index (χ4n) is 4.29. The monoisotopic (exact) mass is 245 g/mol. The lowest BCUT2D eigenvalue weighted by molar-refractivity contribution is 0.169. The van der Waals surface area contributed by atoms with E-state index in [0.717, 1.165) is 5.92 Å². The molecule has 0 spiro atoms. The molecule has 2 aliphatic rings. The first kappa shape index (κ1) is 9.96. The van der Waals surface area contributed by atoms with Gasteiger partial charge in [-0.3, -0.25) is 4.98 Å². The lowest BCUT2D eigenvalue weighted by Gasteiger charge is -2.58. The number of fused-ring (bicyclic) bond motifs is 8. The van der Waals surface area contributed by atoms with Crippen molar-refractivity contribution >= 4 is 21.7 Å². The minimum absolute atomic E-state index is 0.443. The minimum atomic E-state index is 0.443. The molecule has 1 heterocycles. The van der Waals surface area contributed by atoms with E-state index in [4.69, 9.17) is 4.98 Å². The number of aromatic nitrogens is 1. The molecule has 1 heteroatoms. The van der Waals surface area contributed by atoms with Crippen molar-refractivity contribution < 1.29 is 0 Å². The molecule has 0 aliphatic heterocycles. The Kier molecular flexibility index (Phi) is 1.56. The normalized spacial score (nSPS) is 27.5. The molecule has 1 nitrogen and oxygen atoms in total. The molecular formula is C18H15N. The molecule has 0 bridgehead atoms. The first-order valence-electron chi connectivity index (χ1n) is 7.10. The van der Waals surface area contributed by atoms with E-state index >= 15 is 0 Å². The van der Waals surface area contributed by atoms with Gasteiger partial charge in [-0.15, -0.1) is 0 Å². The lowest BCUT2D eigenvalue weighted by atomic mass is 9.46. The van der Waals surface area contributed by atoms with Crippen LogP contribution in [0.1, 0.15) is 36.8 Å². The maximum atomic E-state index is 4.77. The van der Waals surface area contributed by atoms with E-state index in [1.54, 1.807) is 5.56 Å². The van der Waals surface area contributed by atoms with E-state index in [2.05, 4.69) is 49.5 Å².